The normalized spacial score (nSPS) is 11.6. The number of hydrogen-bond acceptors (Lipinski definition) is 5. The van der Waals surface area contributed by atoms with Gasteiger partial charge in [0, 0.05) is 36.1 Å². The van der Waals surface area contributed by atoms with Crippen molar-refractivity contribution in [3.63, 3.8) is 0 Å². The van der Waals surface area contributed by atoms with Crippen LogP contribution in [0.25, 0.3) is 27.9 Å². The van der Waals surface area contributed by atoms with Crippen LogP contribution in [0.3, 0.4) is 0 Å². The molecule has 1 N–H and O–H groups in total. The van der Waals surface area contributed by atoms with Gasteiger partial charge in [-0.3, -0.25) is 0 Å². The molecule has 0 amide bonds. The quantitative estimate of drug-likeness (QED) is 0.410. The minimum atomic E-state index is -0.377. The Kier molecular flexibility index (Phi) is 4.88. The van der Waals surface area contributed by atoms with E-state index in [2.05, 4.69) is 29.3 Å². The predicted octanol–water partition coefficient (Wildman–Crippen LogP) is 3.78. The summed E-state index contributed by atoms with van der Waals surface area (Å²) >= 11 is 0. The van der Waals surface area contributed by atoms with Crippen molar-refractivity contribution in [3.05, 3.63) is 64.8 Å². The van der Waals surface area contributed by atoms with Gasteiger partial charge >= 0.3 is 5.63 Å². The summed E-state index contributed by atoms with van der Waals surface area (Å²) in [6, 6.07) is 11.7. The second-order valence-electron chi connectivity index (χ2n) is 7.38. The van der Waals surface area contributed by atoms with Gasteiger partial charge in [0.05, 0.1) is 11.3 Å². The first kappa shape index (κ1) is 18.3. The van der Waals surface area contributed by atoms with Crippen molar-refractivity contribution in [3.8, 4) is 11.3 Å². The minimum Gasteiger partial charge on any atom is -0.422 e. The smallest absolute Gasteiger partial charge is 0.345 e. The molecule has 0 spiro atoms. The van der Waals surface area contributed by atoms with Crippen molar-refractivity contribution in [1.29, 1.82) is 0 Å². The molecule has 0 atom stereocenters. The largest absolute Gasteiger partial charge is 0.422 e. The molecule has 6 nitrogen and oxygen atoms in total. The van der Waals surface area contributed by atoms with E-state index in [9.17, 15) is 4.79 Å². The number of aromatic nitrogens is 2. The molecule has 4 rings (SSSR count). The number of aryl methyl sites for hydroxylation is 1. The van der Waals surface area contributed by atoms with Gasteiger partial charge in [0.15, 0.2) is 0 Å². The third-order valence-electron chi connectivity index (χ3n) is 4.74. The zero-order chi connectivity index (χ0) is 19.7. The van der Waals surface area contributed by atoms with Gasteiger partial charge in [-0.1, -0.05) is 0 Å². The Labute approximate surface area is 163 Å². The standard InChI is InChI=1S/C22H24N4O2/c1-15-7-10-26-14-19(24-21(26)11-15)18-12-16-5-6-17(13-20(16)28-22(18)27)23-8-4-9-25(2)3/h5-7,10-14,23H,4,8-9H2,1-3H3. The van der Waals surface area contributed by atoms with E-state index in [0.29, 0.717) is 16.8 Å². The molecule has 0 bridgehead atoms. The number of benzene rings is 1. The molecule has 4 aromatic rings. The average Bonchev–Trinajstić information content (AvgIpc) is 3.07. The summed E-state index contributed by atoms with van der Waals surface area (Å²) in [6.45, 7) is 3.91. The molecule has 0 saturated heterocycles. The summed E-state index contributed by atoms with van der Waals surface area (Å²) < 4.78 is 7.51. The molecule has 0 aliphatic rings. The molecule has 0 aliphatic carbocycles. The Morgan fingerprint density at radius 3 is 2.86 bits per heavy atom. The van der Waals surface area contributed by atoms with Gasteiger partial charge in [-0.25, -0.2) is 9.78 Å². The van der Waals surface area contributed by atoms with E-state index in [1.807, 2.05) is 60.1 Å². The Balaban J connectivity index is 1.62. The Morgan fingerprint density at radius 2 is 2.04 bits per heavy atom. The molecule has 1 aromatic carbocycles. The number of anilines is 1. The van der Waals surface area contributed by atoms with Crippen LogP contribution in [-0.4, -0.2) is 41.5 Å². The number of nitrogens with zero attached hydrogens (tertiary/aromatic N) is 3. The van der Waals surface area contributed by atoms with Crippen molar-refractivity contribution in [2.75, 3.05) is 32.5 Å². The number of fused-ring (bicyclic) bond motifs is 2. The molecule has 0 fully saturated rings. The van der Waals surface area contributed by atoms with E-state index in [4.69, 9.17) is 4.42 Å². The van der Waals surface area contributed by atoms with Crippen molar-refractivity contribution in [1.82, 2.24) is 14.3 Å². The lowest BCUT2D eigenvalue weighted by Crippen LogP contribution is -2.16. The molecule has 3 aromatic heterocycles. The fourth-order valence-corrected chi connectivity index (χ4v) is 3.24. The first-order valence-corrected chi connectivity index (χ1v) is 9.42. The Bertz CT molecular complexity index is 1190. The van der Waals surface area contributed by atoms with Crippen molar-refractivity contribution in [2.24, 2.45) is 0 Å². The topological polar surface area (TPSA) is 62.8 Å². The lowest BCUT2D eigenvalue weighted by molar-refractivity contribution is 0.405. The van der Waals surface area contributed by atoms with Crippen molar-refractivity contribution >= 4 is 22.3 Å². The van der Waals surface area contributed by atoms with Crippen LogP contribution in [0, 0.1) is 6.92 Å². The maximum atomic E-state index is 12.6. The monoisotopic (exact) mass is 376 g/mol. The van der Waals surface area contributed by atoms with Crippen LogP contribution < -0.4 is 10.9 Å². The molecule has 6 heteroatoms. The molecule has 3 heterocycles. The van der Waals surface area contributed by atoms with E-state index in [1.165, 1.54) is 0 Å². The summed E-state index contributed by atoms with van der Waals surface area (Å²) in [5.41, 5.74) is 4.17. The van der Waals surface area contributed by atoms with Crippen LogP contribution in [0.4, 0.5) is 5.69 Å². The first-order chi connectivity index (χ1) is 13.5. The third kappa shape index (κ3) is 3.77. The molecule has 0 unspecified atom stereocenters. The Morgan fingerprint density at radius 1 is 1.18 bits per heavy atom. The van der Waals surface area contributed by atoms with Gasteiger partial charge in [0.2, 0.25) is 0 Å². The van der Waals surface area contributed by atoms with E-state index in [0.717, 1.165) is 41.8 Å². The van der Waals surface area contributed by atoms with E-state index in [-0.39, 0.29) is 5.63 Å². The number of pyridine rings is 1. The van der Waals surface area contributed by atoms with Crippen LogP contribution in [-0.2, 0) is 0 Å². The SMILES string of the molecule is Cc1ccn2cc(-c3cc4ccc(NCCCN(C)C)cc4oc3=O)nc2c1. The highest BCUT2D eigenvalue weighted by Crippen LogP contribution is 2.23. The van der Waals surface area contributed by atoms with Crippen LogP contribution in [0.15, 0.2) is 58.0 Å². The highest BCUT2D eigenvalue weighted by molar-refractivity contribution is 5.84. The molecule has 0 aliphatic heterocycles. The van der Waals surface area contributed by atoms with Gasteiger partial charge in [0.25, 0.3) is 0 Å². The highest BCUT2D eigenvalue weighted by atomic mass is 16.4. The second-order valence-corrected chi connectivity index (χ2v) is 7.38. The predicted molar refractivity (Wildman–Crippen MR) is 113 cm³/mol. The number of hydrogen-bond donors (Lipinski definition) is 1. The van der Waals surface area contributed by atoms with Crippen LogP contribution in [0.5, 0.6) is 0 Å². The fraction of sp³-hybridized carbons (Fsp3) is 0.273. The summed E-state index contributed by atoms with van der Waals surface area (Å²) in [4.78, 5) is 19.3. The van der Waals surface area contributed by atoms with Crippen LogP contribution >= 0.6 is 0 Å². The summed E-state index contributed by atoms with van der Waals surface area (Å²) in [5, 5.41) is 4.25. The van der Waals surface area contributed by atoms with Gasteiger partial charge in [-0.2, -0.15) is 0 Å². The van der Waals surface area contributed by atoms with E-state index >= 15 is 0 Å². The molecule has 144 valence electrons. The summed E-state index contributed by atoms with van der Waals surface area (Å²) in [7, 11) is 4.12. The minimum absolute atomic E-state index is 0.377. The van der Waals surface area contributed by atoms with Gasteiger partial charge in [-0.05, 0) is 69.9 Å². The van der Waals surface area contributed by atoms with Gasteiger partial charge < -0.3 is 19.0 Å². The first-order valence-electron chi connectivity index (χ1n) is 9.42. The zero-order valence-corrected chi connectivity index (χ0v) is 16.4. The lowest BCUT2D eigenvalue weighted by Gasteiger charge is -2.11. The zero-order valence-electron chi connectivity index (χ0n) is 16.4. The molecule has 0 radical (unpaired) electrons. The van der Waals surface area contributed by atoms with Gasteiger partial charge in [-0.15, -0.1) is 0 Å². The van der Waals surface area contributed by atoms with Crippen molar-refractivity contribution in [2.45, 2.75) is 13.3 Å². The van der Waals surface area contributed by atoms with E-state index in [1.54, 1.807) is 0 Å². The summed E-state index contributed by atoms with van der Waals surface area (Å²) in [5.74, 6) is 0. The maximum absolute atomic E-state index is 12.6. The lowest BCUT2D eigenvalue weighted by atomic mass is 10.1. The molecular weight excluding hydrogens is 352 g/mol. The average molecular weight is 376 g/mol. The highest BCUT2D eigenvalue weighted by Gasteiger charge is 2.12. The maximum Gasteiger partial charge on any atom is 0.345 e. The Hall–Kier alpha value is -3.12. The molecule has 28 heavy (non-hydrogen) atoms. The third-order valence-corrected chi connectivity index (χ3v) is 4.74. The molecular formula is C22H24N4O2. The van der Waals surface area contributed by atoms with Crippen LogP contribution in [0.2, 0.25) is 0 Å². The number of nitrogens with one attached hydrogen (secondary N) is 1. The van der Waals surface area contributed by atoms with Crippen LogP contribution in [0.1, 0.15) is 12.0 Å². The fourth-order valence-electron chi connectivity index (χ4n) is 3.24. The second kappa shape index (κ2) is 7.48. The van der Waals surface area contributed by atoms with E-state index < -0.39 is 0 Å². The summed E-state index contributed by atoms with van der Waals surface area (Å²) in [6.07, 6.45) is 4.84. The molecule has 0 saturated carbocycles. The van der Waals surface area contributed by atoms with Gasteiger partial charge in [0.1, 0.15) is 11.2 Å². The number of rotatable bonds is 6. The number of imidazole rings is 1. The van der Waals surface area contributed by atoms with Crippen molar-refractivity contribution < 1.29 is 4.42 Å².